The molecule has 6 rings (SSSR count). The second-order valence-electron chi connectivity index (χ2n) is 11.4. The molecule has 2 amide bonds. The summed E-state index contributed by atoms with van der Waals surface area (Å²) in [4.78, 5) is 66.1. The van der Waals surface area contributed by atoms with Crippen molar-refractivity contribution in [3.8, 4) is 0 Å². The first-order valence-electron chi connectivity index (χ1n) is 14.9. The third-order valence-corrected chi connectivity index (χ3v) is 8.31. The maximum atomic E-state index is 12.5. The van der Waals surface area contributed by atoms with Crippen LogP contribution in [0.15, 0.2) is 78.9 Å². The zero-order valence-electron chi connectivity index (χ0n) is 25.8. The summed E-state index contributed by atoms with van der Waals surface area (Å²) in [7, 11) is 4.61. The van der Waals surface area contributed by atoms with Crippen LogP contribution < -0.4 is 15.1 Å². The van der Waals surface area contributed by atoms with Crippen molar-refractivity contribution in [2.45, 2.75) is 30.6 Å². The van der Waals surface area contributed by atoms with Crippen LogP contribution in [0.25, 0.3) is 0 Å². The van der Waals surface area contributed by atoms with Gasteiger partial charge in [-0.1, -0.05) is 48.5 Å². The summed E-state index contributed by atoms with van der Waals surface area (Å²) in [6.07, 6.45) is -2.74. The molecule has 0 aromatic heterocycles. The third kappa shape index (κ3) is 6.57. The summed E-state index contributed by atoms with van der Waals surface area (Å²) in [5, 5.41) is 13.0. The molecule has 0 saturated carbocycles. The number of benzene rings is 3. The summed E-state index contributed by atoms with van der Waals surface area (Å²) >= 11 is 0. The molecule has 0 bridgehead atoms. The lowest BCUT2D eigenvalue weighted by Gasteiger charge is -2.38. The number of ether oxygens (including phenoxy) is 2. The number of carboxylic acid groups (broad SMARTS) is 1. The smallest absolute Gasteiger partial charge is 0.349 e. The Morgan fingerprint density at radius 3 is 2.02 bits per heavy atom. The summed E-state index contributed by atoms with van der Waals surface area (Å²) < 4.78 is 10.1. The highest BCUT2D eigenvalue weighted by atomic mass is 16.6. The molecule has 0 unspecified atom stereocenters. The second-order valence-corrected chi connectivity index (χ2v) is 11.4. The summed E-state index contributed by atoms with van der Waals surface area (Å²) in [6.45, 7) is 2.64. The van der Waals surface area contributed by atoms with Gasteiger partial charge in [-0.25, -0.2) is 14.4 Å². The van der Waals surface area contributed by atoms with E-state index in [2.05, 4.69) is 28.4 Å². The van der Waals surface area contributed by atoms with E-state index in [1.54, 1.807) is 41.3 Å². The predicted molar refractivity (Wildman–Crippen MR) is 169 cm³/mol. The van der Waals surface area contributed by atoms with Crippen molar-refractivity contribution in [1.29, 1.82) is 0 Å². The average molecular weight is 629 g/mol. The number of carboxylic acids is 1. The lowest BCUT2D eigenvalue weighted by Crippen LogP contribution is -2.50. The van der Waals surface area contributed by atoms with Gasteiger partial charge in [0.15, 0.2) is 0 Å². The van der Waals surface area contributed by atoms with Gasteiger partial charge in [0.25, 0.3) is 5.91 Å². The standard InChI is InChI=1S/C20H19NO7.C14H17N3O/c1-21(2)17(22)15(27-19(25)13-9-5-3-6-10-13)16(18(23)24)28-20(26)14-11-7-4-8-12-14;1-16-12-4-2-3-9-10-7-15-6-5-11(10)17(14(9)12)8-13(16)18/h3-12,15-16H,1-2H3,(H,23,24);2-4,10-11,15H,5-8H2,1H3/t15-,16-;10-,11-/m00/s1. The second kappa shape index (κ2) is 13.8. The lowest BCUT2D eigenvalue weighted by molar-refractivity contribution is -0.162. The Morgan fingerprint density at radius 2 is 1.46 bits per heavy atom. The Bertz CT molecular complexity index is 1610. The quantitative estimate of drug-likeness (QED) is 0.375. The van der Waals surface area contributed by atoms with Crippen molar-refractivity contribution in [3.05, 3.63) is 95.6 Å². The summed E-state index contributed by atoms with van der Waals surface area (Å²) in [5.41, 5.74) is 4.03. The normalized spacial score (nSPS) is 19.0. The van der Waals surface area contributed by atoms with Crippen LogP contribution in [0, 0.1) is 0 Å². The third-order valence-electron chi connectivity index (χ3n) is 8.31. The van der Waals surface area contributed by atoms with E-state index in [1.807, 2.05) is 7.05 Å². The first kappa shape index (κ1) is 32.2. The van der Waals surface area contributed by atoms with E-state index in [0.29, 0.717) is 18.5 Å². The number of piperidine rings is 1. The molecule has 240 valence electrons. The van der Waals surface area contributed by atoms with Crippen LogP contribution in [-0.4, -0.2) is 98.8 Å². The zero-order valence-corrected chi connectivity index (χ0v) is 25.8. The highest BCUT2D eigenvalue weighted by Gasteiger charge is 2.45. The van der Waals surface area contributed by atoms with Crippen LogP contribution in [0.4, 0.5) is 11.4 Å². The number of nitrogens with one attached hydrogen (secondary N) is 1. The van der Waals surface area contributed by atoms with Crippen LogP contribution in [0.1, 0.15) is 38.6 Å². The molecule has 2 N–H and O–H groups in total. The number of carbonyl (C=O) groups excluding carboxylic acids is 4. The van der Waals surface area contributed by atoms with Crippen molar-refractivity contribution < 1.29 is 38.6 Å². The Hall–Kier alpha value is -5.23. The SMILES string of the molecule is CN(C)C(=O)[C@@H](OC(=O)c1ccccc1)[C@H](OC(=O)c1ccccc1)C(=O)O.CN1C(=O)CN2c3c(cccc31)[C@@H]1CNCC[C@@H]12. The zero-order chi connectivity index (χ0) is 33.0. The largest absolute Gasteiger partial charge is 0.478 e. The fourth-order valence-electron chi connectivity index (χ4n) is 5.97. The number of hydrogen-bond acceptors (Lipinski definition) is 9. The molecule has 4 atom stereocenters. The molecular formula is C34H36N4O8. The van der Waals surface area contributed by atoms with Crippen LogP contribution >= 0.6 is 0 Å². The molecule has 3 heterocycles. The number of likely N-dealkylation sites (N-methyl/N-ethyl adjacent to an activating group) is 2. The van der Waals surface area contributed by atoms with Gasteiger partial charge < -0.3 is 34.6 Å². The van der Waals surface area contributed by atoms with Crippen molar-refractivity contribution >= 4 is 41.1 Å². The number of para-hydroxylation sites is 1. The number of carbonyl (C=O) groups is 5. The lowest BCUT2D eigenvalue weighted by atomic mass is 9.90. The van der Waals surface area contributed by atoms with Gasteiger partial charge >= 0.3 is 17.9 Å². The van der Waals surface area contributed by atoms with Gasteiger partial charge in [-0.3, -0.25) is 9.59 Å². The molecule has 0 spiro atoms. The monoisotopic (exact) mass is 628 g/mol. The van der Waals surface area contributed by atoms with Crippen LogP contribution in [0.2, 0.25) is 0 Å². The number of rotatable bonds is 7. The number of esters is 2. The van der Waals surface area contributed by atoms with E-state index in [4.69, 9.17) is 9.47 Å². The van der Waals surface area contributed by atoms with Gasteiger partial charge in [0, 0.05) is 39.6 Å². The Balaban J connectivity index is 0.000000197. The maximum absolute atomic E-state index is 12.5. The minimum atomic E-state index is -2.02. The minimum Gasteiger partial charge on any atom is -0.478 e. The van der Waals surface area contributed by atoms with E-state index in [0.717, 1.165) is 30.1 Å². The van der Waals surface area contributed by atoms with Crippen molar-refractivity contribution in [3.63, 3.8) is 0 Å². The highest BCUT2D eigenvalue weighted by Crippen LogP contribution is 2.49. The fourth-order valence-corrected chi connectivity index (χ4v) is 5.97. The Morgan fingerprint density at radius 1 is 0.870 bits per heavy atom. The van der Waals surface area contributed by atoms with Crippen molar-refractivity contribution in [2.75, 3.05) is 50.6 Å². The van der Waals surface area contributed by atoms with E-state index in [9.17, 15) is 29.1 Å². The summed E-state index contributed by atoms with van der Waals surface area (Å²) in [5.74, 6) is -3.57. The molecule has 46 heavy (non-hydrogen) atoms. The van der Waals surface area contributed by atoms with E-state index in [-0.39, 0.29) is 17.0 Å². The molecule has 0 aliphatic carbocycles. The van der Waals surface area contributed by atoms with Crippen molar-refractivity contribution in [1.82, 2.24) is 10.2 Å². The molecule has 12 heteroatoms. The number of anilines is 2. The van der Waals surface area contributed by atoms with Gasteiger partial charge in [-0.05, 0) is 48.9 Å². The number of amides is 2. The number of nitrogens with zero attached hydrogens (tertiary/aromatic N) is 3. The topological polar surface area (TPSA) is 146 Å². The Labute approximate surface area is 266 Å². The molecule has 12 nitrogen and oxygen atoms in total. The Kier molecular flexibility index (Phi) is 9.67. The van der Waals surface area contributed by atoms with E-state index < -0.39 is 36.0 Å². The van der Waals surface area contributed by atoms with E-state index in [1.165, 1.54) is 49.6 Å². The first-order valence-corrected chi connectivity index (χ1v) is 14.9. The predicted octanol–water partition coefficient (Wildman–Crippen LogP) is 2.54. The van der Waals surface area contributed by atoms with Gasteiger partial charge in [-0.15, -0.1) is 0 Å². The number of fused-ring (bicyclic) bond motifs is 3. The maximum Gasteiger partial charge on any atom is 0.349 e. The van der Waals surface area contributed by atoms with Crippen LogP contribution in [0.3, 0.4) is 0 Å². The van der Waals surface area contributed by atoms with E-state index >= 15 is 0 Å². The van der Waals surface area contributed by atoms with Gasteiger partial charge in [0.1, 0.15) is 0 Å². The highest BCUT2D eigenvalue weighted by molar-refractivity contribution is 6.04. The van der Waals surface area contributed by atoms with Crippen LogP contribution in [-0.2, 0) is 23.9 Å². The van der Waals surface area contributed by atoms with Crippen molar-refractivity contribution in [2.24, 2.45) is 0 Å². The minimum absolute atomic E-state index is 0.0965. The number of hydrogen-bond donors (Lipinski definition) is 2. The molecule has 0 radical (unpaired) electrons. The molecule has 3 aromatic carbocycles. The molecule has 3 aromatic rings. The van der Waals surface area contributed by atoms with Crippen LogP contribution in [0.5, 0.6) is 0 Å². The molecule has 3 aliphatic rings. The number of aliphatic carboxylic acids is 1. The molecular weight excluding hydrogens is 592 g/mol. The molecule has 1 fully saturated rings. The first-order chi connectivity index (χ1) is 22.1. The molecule has 1 saturated heterocycles. The average Bonchev–Trinajstić information content (AvgIpc) is 3.39. The fraction of sp³-hybridized carbons (Fsp3) is 0.324. The van der Waals surface area contributed by atoms with Gasteiger partial charge in [0.05, 0.1) is 29.0 Å². The van der Waals surface area contributed by atoms with Gasteiger partial charge in [0.2, 0.25) is 18.1 Å². The summed E-state index contributed by atoms with van der Waals surface area (Å²) in [6, 6.07) is 22.3. The molecule has 3 aliphatic heterocycles. The van der Waals surface area contributed by atoms with Gasteiger partial charge in [-0.2, -0.15) is 0 Å².